The van der Waals surface area contributed by atoms with Gasteiger partial charge in [0.2, 0.25) is 0 Å². The summed E-state index contributed by atoms with van der Waals surface area (Å²) < 4.78 is 4.72. The first-order chi connectivity index (χ1) is 8.63. The minimum absolute atomic E-state index is 0.260. The van der Waals surface area contributed by atoms with Gasteiger partial charge < -0.3 is 15.4 Å². The van der Waals surface area contributed by atoms with Crippen molar-refractivity contribution < 1.29 is 9.53 Å². The van der Waals surface area contributed by atoms with Crippen LogP contribution in [-0.4, -0.2) is 31.2 Å². The van der Waals surface area contributed by atoms with Crippen LogP contribution in [-0.2, 0) is 4.74 Å². The molecule has 1 aromatic rings. The van der Waals surface area contributed by atoms with E-state index in [-0.39, 0.29) is 5.82 Å². The molecule has 1 aromatic heterocycles. The highest BCUT2D eigenvalue weighted by Crippen LogP contribution is 2.22. The first kappa shape index (κ1) is 13.8. The lowest BCUT2D eigenvalue weighted by Gasteiger charge is -2.23. The van der Waals surface area contributed by atoms with E-state index in [9.17, 15) is 4.79 Å². The number of carbonyl (C=O) groups is 1. The zero-order chi connectivity index (χ0) is 13.5. The van der Waals surface area contributed by atoms with Gasteiger partial charge >= 0.3 is 5.97 Å². The average molecular weight is 248 g/mol. The van der Waals surface area contributed by atoms with E-state index in [0.29, 0.717) is 30.8 Å². The number of rotatable bonds is 5. The highest BCUT2D eigenvalue weighted by Gasteiger charge is 2.17. The molecule has 6 heteroatoms. The molecule has 1 heterocycles. The summed E-state index contributed by atoms with van der Waals surface area (Å²) in [5.41, 5.74) is 6.57. The summed E-state index contributed by atoms with van der Waals surface area (Å²) in [5.74, 6) is -0.204. The molecule has 0 radical (unpaired) electrons. The van der Waals surface area contributed by atoms with Crippen LogP contribution in [0.5, 0.6) is 0 Å². The van der Waals surface area contributed by atoms with Crippen molar-refractivity contribution in [2.75, 3.05) is 30.8 Å². The topological polar surface area (TPSA) is 92.2 Å². The van der Waals surface area contributed by atoms with Gasteiger partial charge in [0, 0.05) is 13.1 Å². The SMILES string of the molecule is CCN(CCC#N)c1cnc(N)cc1C(=O)OC. The molecule has 0 saturated carbocycles. The van der Waals surface area contributed by atoms with Crippen molar-refractivity contribution in [2.45, 2.75) is 13.3 Å². The van der Waals surface area contributed by atoms with E-state index in [1.807, 2.05) is 11.8 Å². The molecule has 96 valence electrons. The van der Waals surface area contributed by atoms with Gasteiger partial charge in [0.1, 0.15) is 5.82 Å². The number of ether oxygens (including phenoxy) is 1. The summed E-state index contributed by atoms with van der Waals surface area (Å²) in [5, 5.41) is 8.62. The molecule has 0 spiro atoms. The lowest BCUT2D eigenvalue weighted by Crippen LogP contribution is -2.26. The van der Waals surface area contributed by atoms with E-state index in [1.54, 1.807) is 0 Å². The highest BCUT2D eigenvalue weighted by molar-refractivity contribution is 5.96. The van der Waals surface area contributed by atoms with E-state index >= 15 is 0 Å². The molecule has 18 heavy (non-hydrogen) atoms. The number of aromatic nitrogens is 1. The van der Waals surface area contributed by atoms with Gasteiger partial charge in [-0.15, -0.1) is 0 Å². The van der Waals surface area contributed by atoms with Crippen molar-refractivity contribution >= 4 is 17.5 Å². The Kier molecular flexibility index (Phi) is 4.93. The van der Waals surface area contributed by atoms with Gasteiger partial charge in [-0.3, -0.25) is 0 Å². The number of nitriles is 1. The van der Waals surface area contributed by atoms with Crippen LogP contribution in [0.3, 0.4) is 0 Å². The molecule has 0 saturated heterocycles. The number of hydrogen-bond donors (Lipinski definition) is 1. The van der Waals surface area contributed by atoms with Crippen LogP contribution in [0.1, 0.15) is 23.7 Å². The zero-order valence-electron chi connectivity index (χ0n) is 10.5. The number of hydrogen-bond acceptors (Lipinski definition) is 6. The van der Waals surface area contributed by atoms with Crippen molar-refractivity contribution in [2.24, 2.45) is 0 Å². The molecule has 0 amide bonds. The summed E-state index contributed by atoms with van der Waals surface area (Å²) in [6.45, 7) is 3.13. The number of pyridine rings is 1. The van der Waals surface area contributed by atoms with E-state index in [2.05, 4.69) is 11.1 Å². The second-order valence-corrected chi connectivity index (χ2v) is 3.61. The number of methoxy groups -OCH3 is 1. The second-order valence-electron chi connectivity index (χ2n) is 3.61. The standard InChI is InChI=1S/C12H16N4O2/c1-3-16(6-4-5-13)10-8-15-11(14)7-9(10)12(17)18-2/h7-8H,3-4,6H2,1-2H3,(H2,14,15). The van der Waals surface area contributed by atoms with E-state index in [0.717, 1.165) is 0 Å². The predicted octanol–water partition coefficient (Wildman–Crippen LogP) is 1.19. The quantitative estimate of drug-likeness (QED) is 0.787. The van der Waals surface area contributed by atoms with Gasteiger partial charge in [0.05, 0.1) is 37.0 Å². The minimum Gasteiger partial charge on any atom is -0.465 e. The summed E-state index contributed by atoms with van der Waals surface area (Å²) in [7, 11) is 1.31. The number of carbonyl (C=O) groups excluding carboxylic acids is 1. The Morgan fingerprint density at radius 1 is 1.67 bits per heavy atom. The third kappa shape index (κ3) is 3.10. The van der Waals surface area contributed by atoms with Crippen LogP contribution in [0.4, 0.5) is 11.5 Å². The van der Waals surface area contributed by atoms with Gasteiger partial charge in [-0.2, -0.15) is 5.26 Å². The number of nitrogens with two attached hydrogens (primary N) is 1. The zero-order valence-corrected chi connectivity index (χ0v) is 10.5. The summed E-state index contributed by atoms with van der Waals surface area (Å²) in [6.07, 6.45) is 1.90. The van der Waals surface area contributed by atoms with Crippen molar-refractivity contribution in [1.82, 2.24) is 4.98 Å². The molecular formula is C12H16N4O2. The minimum atomic E-state index is -0.463. The fraction of sp³-hybridized carbons (Fsp3) is 0.417. The molecule has 0 atom stereocenters. The van der Waals surface area contributed by atoms with Gasteiger partial charge in [-0.25, -0.2) is 9.78 Å². The number of nitrogen functional groups attached to an aromatic ring is 1. The van der Waals surface area contributed by atoms with Crippen LogP contribution < -0.4 is 10.6 Å². The van der Waals surface area contributed by atoms with Gasteiger partial charge in [0.25, 0.3) is 0 Å². The summed E-state index contributed by atoms with van der Waals surface area (Å²) in [4.78, 5) is 17.6. The maximum atomic E-state index is 11.7. The Hall–Kier alpha value is -2.29. The molecular weight excluding hydrogens is 232 g/mol. The van der Waals surface area contributed by atoms with Gasteiger partial charge in [-0.05, 0) is 13.0 Å². The Labute approximate surface area is 106 Å². The second kappa shape index (κ2) is 6.45. The Balaban J connectivity index is 3.13. The molecule has 0 aliphatic rings. The van der Waals surface area contributed by atoms with Crippen molar-refractivity contribution in [3.8, 4) is 6.07 Å². The normalized spacial score (nSPS) is 9.61. The van der Waals surface area contributed by atoms with Gasteiger partial charge in [-0.1, -0.05) is 0 Å². The monoisotopic (exact) mass is 248 g/mol. The van der Waals surface area contributed by atoms with Crippen molar-refractivity contribution in [1.29, 1.82) is 5.26 Å². The Morgan fingerprint density at radius 3 is 2.94 bits per heavy atom. The van der Waals surface area contributed by atoms with Crippen molar-refractivity contribution in [3.05, 3.63) is 17.8 Å². The summed E-state index contributed by atoms with van der Waals surface area (Å²) >= 11 is 0. The molecule has 0 aliphatic heterocycles. The Morgan fingerprint density at radius 2 is 2.39 bits per heavy atom. The molecule has 0 fully saturated rings. The molecule has 0 aromatic carbocycles. The molecule has 0 aliphatic carbocycles. The summed E-state index contributed by atoms with van der Waals surface area (Å²) in [6, 6.07) is 3.56. The molecule has 2 N–H and O–H groups in total. The largest absolute Gasteiger partial charge is 0.465 e. The van der Waals surface area contributed by atoms with Crippen LogP contribution in [0.2, 0.25) is 0 Å². The Bertz CT molecular complexity index is 468. The van der Waals surface area contributed by atoms with E-state index < -0.39 is 5.97 Å². The van der Waals surface area contributed by atoms with Crippen LogP contribution in [0.25, 0.3) is 0 Å². The third-order valence-electron chi connectivity index (χ3n) is 2.53. The van der Waals surface area contributed by atoms with E-state index in [4.69, 9.17) is 15.7 Å². The van der Waals surface area contributed by atoms with Crippen molar-refractivity contribution in [3.63, 3.8) is 0 Å². The predicted molar refractivity (Wildman–Crippen MR) is 68.1 cm³/mol. The first-order valence-electron chi connectivity index (χ1n) is 5.59. The smallest absolute Gasteiger partial charge is 0.340 e. The maximum absolute atomic E-state index is 11.7. The van der Waals surface area contributed by atoms with Crippen LogP contribution >= 0.6 is 0 Å². The molecule has 0 unspecified atom stereocenters. The first-order valence-corrected chi connectivity index (χ1v) is 5.59. The van der Waals surface area contributed by atoms with Crippen LogP contribution in [0.15, 0.2) is 12.3 Å². The average Bonchev–Trinajstić information content (AvgIpc) is 2.39. The number of nitrogens with zero attached hydrogens (tertiary/aromatic N) is 3. The van der Waals surface area contributed by atoms with Crippen LogP contribution in [0, 0.1) is 11.3 Å². The number of anilines is 2. The third-order valence-corrected chi connectivity index (χ3v) is 2.53. The lowest BCUT2D eigenvalue weighted by atomic mass is 10.2. The molecule has 6 nitrogen and oxygen atoms in total. The molecule has 1 rings (SSSR count). The number of esters is 1. The fourth-order valence-corrected chi connectivity index (χ4v) is 1.62. The lowest BCUT2D eigenvalue weighted by molar-refractivity contribution is 0.0601. The maximum Gasteiger partial charge on any atom is 0.340 e. The highest BCUT2D eigenvalue weighted by atomic mass is 16.5. The fourth-order valence-electron chi connectivity index (χ4n) is 1.62. The van der Waals surface area contributed by atoms with E-state index in [1.165, 1.54) is 19.4 Å². The molecule has 0 bridgehead atoms. The van der Waals surface area contributed by atoms with Gasteiger partial charge in [0.15, 0.2) is 0 Å².